The van der Waals surface area contributed by atoms with Crippen LogP contribution in [0.2, 0.25) is 0 Å². The molecule has 0 radical (unpaired) electrons. The third kappa shape index (κ3) is 1.95. The molecule has 0 amide bonds. The molecule has 1 aromatic heterocycles. The zero-order valence-corrected chi connectivity index (χ0v) is 10.0. The lowest BCUT2D eigenvalue weighted by atomic mass is 9.93. The molecule has 0 fully saturated rings. The van der Waals surface area contributed by atoms with E-state index in [0.29, 0.717) is 12.2 Å². The second-order valence-corrected chi connectivity index (χ2v) is 4.71. The van der Waals surface area contributed by atoms with E-state index in [-0.39, 0.29) is 11.6 Å². The van der Waals surface area contributed by atoms with Crippen LogP contribution in [0.1, 0.15) is 17.7 Å². The molecule has 3 N–H and O–H groups in total. The molecule has 0 spiro atoms. The Balaban J connectivity index is 2.12. The lowest BCUT2D eigenvalue weighted by molar-refractivity contribution is 0.560. The molecule has 4 heteroatoms. The van der Waals surface area contributed by atoms with E-state index in [1.807, 2.05) is 30.3 Å². The minimum absolute atomic E-state index is 0.0225. The number of aromatic amines is 1. The number of fused-ring (bicyclic) bond motifs is 1. The summed E-state index contributed by atoms with van der Waals surface area (Å²) in [5, 5.41) is 0. The monoisotopic (exact) mass is 241 g/mol. The Hall–Kier alpha value is -1.94. The third-order valence-corrected chi connectivity index (χ3v) is 3.37. The summed E-state index contributed by atoms with van der Waals surface area (Å²) >= 11 is 0. The molecule has 2 aromatic rings. The molecular formula is C14H15N3O. The number of hydrogen-bond acceptors (Lipinski definition) is 3. The predicted octanol–water partition coefficient (Wildman–Crippen LogP) is 1.25. The fourth-order valence-electron chi connectivity index (χ4n) is 2.38. The van der Waals surface area contributed by atoms with Gasteiger partial charge in [-0.2, -0.15) is 0 Å². The van der Waals surface area contributed by atoms with E-state index in [1.54, 1.807) is 0 Å². The van der Waals surface area contributed by atoms with E-state index in [2.05, 4.69) is 9.97 Å². The van der Waals surface area contributed by atoms with Gasteiger partial charge in [-0.25, -0.2) is 4.98 Å². The van der Waals surface area contributed by atoms with Gasteiger partial charge in [0, 0.05) is 23.6 Å². The van der Waals surface area contributed by atoms with Gasteiger partial charge in [0.15, 0.2) is 0 Å². The Morgan fingerprint density at radius 2 is 2.06 bits per heavy atom. The van der Waals surface area contributed by atoms with Crippen molar-refractivity contribution in [2.75, 3.05) is 0 Å². The summed E-state index contributed by atoms with van der Waals surface area (Å²) in [7, 11) is 0. The summed E-state index contributed by atoms with van der Waals surface area (Å²) in [6, 6.07) is 9.80. The molecule has 1 aliphatic carbocycles. The van der Waals surface area contributed by atoms with Gasteiger partial charge < -0.3 is 10.7 Å². The second kappa shape index (κ2) is 4.38. The maximum Gasteiger partial charge on any atom is 0.254 e. The third-order valence-electron chi connectivity index (χ3n) is 3.37. The van der Waals surface area contributed by atoms with Crippen molar-refractivity contribution in [3.05, 3.63) is 51.9 Å². The highest BCUT2D eigenvalue weighted by molar-refractivity contribution is 5.54. The van der Waals surface area contributed by atoms with Crippen LogP contribution in [0.15, 0.2) is 35.1 Å². The molecule has 1 aliphatic rings. The van der Waals surface area contributed by atoms with Crippen LogP contribution in [0.5, 0.6) is 0 Å². The van der Waals surface area contributed by atoms with E-state index in [1.165, 1.54) is 0 Å². The first-order valence-electron chi connectivity index (χ1n) is 6.17. The molecular weight excluding hydrogens is 226 g/mol. The molecule has 1 unspecified atom stereocenters. The van der Waals surface area contributed by atoms with Crippen molar-refractivity contribution >= 4 is 0 Å². The number of hydrogen-bond donors (Lipinski definition) is 2. The van der Waals surface area contributed by atoms with Crippen molar-refractivity contribution in [3.8, 4) is 11.4 Å². The van der Waals surface area contributed by atoms with Crippen molar-refractivity contribution in [1.29, 1.82) is 0 Å². The average molecular weight is 241 g/mol. The number of nitrogens with zero attached hydrogens (tertiary/aromatic N) is 1. The van der Waals surface area contributed by atoms with E-state index in [9.17, 15) is 4.79 Å². The van der Waals surface area contributed by atoms with Gasteiger partial charge in [0.25, 0.3) is 5.56 Å². The SMILES string of the molecule is NC1CCc2c(nc(-c3ccccc3)[nH]c2=O)C1. The summed E-state index contributed by atoms with van der Waals surface area (Å²) in [6.07, 6.45) is 2.29. The van der Waals surface area contributed by atoms with E-state index < -0.39 is 0 Å². The molecule has 4 nitrogen and oxygen atoms in total. The lowest BCUT2D eigenvalue weighted by Crippen LogP contribution is -2.33. The van der Waals surface area contributed by atoms with Crippen LogP contribution in [0.25, 0.3) is 11.4 Å². The average Bonchev–Trinajstić information content (AvgIpc) is 2.39. The standard InChI is InChI=1S/C14H15N3O/c15-10-6-7-11-12(8-10)16-13(17-14(11)18)9-4-2-1-3-5-9/h1-5,10H,6-8,15H2,(H,16,17,18). The Morgan fingerprint density at radius 1 is 1.28 bits per heavy atom. The van der Waals surface area contributed by atoms with Crippen molar-refractivity contribution in [2.45, 2.75) is 25.3 Å². The van der Waals surface area contributed by atoms with Crippen LogP contribution in [0, 0.1) is 0 Å². The number of nitrogens with two attached hydrogens (primary N) is 1. The topological polar surface area (TPSA) is 71.8 Å². The smallest absolute Gasteiger partial charge is 0.254 e. The van der Waals surface area contributed by atoms with E-state index in [0.717, 1.165) is 29.7 Å². The molecule has 3 rings (SSSR count). The maximum absolute atomic E-state index is 12.0. The number of benzene rings is 1. The van der Waals surface area contributed by atoms with Crippen molar-refractivity contribution in [1.82, 2.24) is 9.97 Å². The molecule has 0 saturated heterocycles. The maximum atomic E-state index is 12.0. The van der Waals surface area contributed by atoms with E-state index >= 15 is 0 Å². The first-order chi connectivity index (χ1) is 8.74. The normalized spacial score (nSPS) is 18.4. The van der Waals surface area contributed by atoms with Crippen LogP contribution in [-0.4, -0.2) is 16.0 Å². The molecule has 18 heavy (non-hydrogen) atoms. The molecule has 0 bridgehead atoms. The Kier molecular flexibility index (Phi) is 2.72. The number of rotatable bonds is 1. The summed E-state index contributed by atoms with van der Waals surface area (Å²) in [4.78, 5) is 19.4. The van der Waals surface area contributed by atoms with Gasteiger partial charge in [-0.05, 0) is 12.8 Å². The Morgan fingerprint density at radius 3 is 2.83 bits per heavy atom. The Bertz CT molecular complexity index is 619. The first kappa shape index (κ1) is 11.2. The van der Waals surface area contributed by atoms with E-state index in [4.69, 9.17) is 5.73 Å². The van der Waals surface area contributed by atoms with Crippen LogP contribution in [0.3, 0.4) is 0 Å². The molecule has 1 aromatic carbocycles. The van der Waals surface area contributed by atoms with Crippen molar-refractivity contribution < 1.29 is 0 Å². The van der Waals surface area contributed by atoms with Gasteiger partial charge in [-0.3, -0.25) is 4.79 Å². The van der Waals surface area contributed by atoms with Crippen LogP contribution >= 0.6 is 0 Å². The fraction of sp³-hybridized carbons (Fsp3) is 0.286. The summed E-state index contributed by atoms with van der Waals surface area (Å²) < 4.78 is 0. The number of H-pyrrole nitrogens is 1. The van der Waals surface area contributed by atoms with Crippen molar-refractivity contribution in [2.24, 2.45) is 5.73 Å². The summed E-state index contributed by atoms with van der Waals surface area (Å²) in [5.74, 6) is 0.633. The van der Waals surface area contributed by atoms with Gasteiger partial charge >= 0.3 is 0 Å². The zero-order valence-electron chi connectivity index (χ0n) is 10.0. The second-order valence-electron chi connectivity index (χ2n) is 4.71. The molecule has 0 aliphatic heterocycles. The fourth-order valence-corrected chi connectivity index (χ4v) is 2.38. The number of aromatic nitrogens is 2. The van der Waals surface area contributed by atoms with Crippen LogP contribution in [-0.2, 0) is 12.8 Å². The van der Waals surface area contributed by atoms with Gasteiger partial charge in [-0.1, -0.05) is 30.3 Å². The number of nitrogens with one attached hydrogen (secondary N) is 1. The highest BCUT2D eigenvalue weighted by Gasteiger charge is 2.20. The lowest BCUT2D eigenvalue weighted by Gasteiger charge is -2.20. The van der Waals surface area contributed by atoms with Gasteiger partial charge in [-0.15, -0.1) is 0 Å². The van der Waals surface area contributed by atoms with Gasteiger partial charge in [0.05, 0.1) is 5.69 Å². The Labute approximate surface area is 105 Å². The first-order valence-corrected chi connectivity index (χ1v) is 6.17. The highest BCUT2D eigenvalue weighted by atomic mass is 16.1. The summed E-state index contributed by atoms with van der Waals surface area (Å²) in [6.45, 7) is 0. The molecule has 0 saturated carbocycles. The molecule has 1 atom stereocenters. The summed E-state index contributed by atoms with van der Waals surface area (Å²) in [5.41, 5.74) is 8.50. The van der Waals surface area contributed by atoms with Crippen LogP contribution in [0.4, 0.5) is 0 Å². The van der Waals surface area contributed by atoms with Gasteiger partial charge in [0.1, 0.15) is 5.82 Å². The minimum atomic E-state index is -0.0225. The molecule has 1 heterocycles. The zero-order chi connectivity index (χ0) is 12.5. The van der Waals surface area contributed by atoms with Crippen molar-refractivity contribution in [3.63, 3.8) is 0 Å². The molecule has 92 valence electrons. The predicted molar refractivity (Wildman–Crippen MR) is 70.3 cm³/mol. The minimum Gasteiger partial charge on any atom is -0.327 e. The quantitative estimate of drug-likeness (QED) is 0.789. The largest absolute Gasteiger partial charge is 0.327 e. The van der Waals surface area contributed by atoms with Gasteiger partial charge in [0.2, 0.25) is 0 Å². The van der Waals surface area contributed by atoms with Crippen LogP contribution < -0.4 is 11.3 Å². The highest BCUT2D eigenvalue weighted by Crippen LogP contribution is 2.19.